The maximum Gasteiger partial charge on any atom is 0.130 e. The molecular formula is C7H8N2O2. The molecule has 58 valence electrons. The van der Waals surface area contributed by atoms with Gasteiger partial charge in [-0.15, -0.1) is 0 Å². The summed E-state index contributed by atoms with van der Waals surface area (Å²) in [4.78, 5) is 0. The Bertz CT molecular complexity index is 276. The van der Waals surface area contributed by atoms with Crippen LogP contribution in [0.15, 0.2) is 18.2 Å². The first-order valence-electron chi connectivity index (χ1n) is 2.98. The number of nitrogen functional groups attached to an aromatic ring is 1. The van der Waals surface area contributed by atoms with Crippen LogP contribution >= 0.6 is 0 Å². The molecule has 0 radical (unpaired) electrons. The lowest BCUT2D eigenvalue weighted by atomic mass is 10.1. The molecule has 0 amide bonds. The lowest BCUT2D eigenvalue weighted by molar-refractivity contribution is 0.448. The number of nitrogens with one attached hydrogen (secondary N) is 1. The zero-order chi connectivity index (χ0) is 8.43. The van der Waals surface area contributed by atoms with E-state index >= 15 is 0 Å². The van der Waals surface area contributed by atoms with Crippen LogP contribution in [0.2, 0.25) is 0 Å². The number of benzene rings is 1. The number of hydrogen-bond donors (Lipinski definition) is 4. The van der Waals surface area contributed by atoms with E-state index in [2.05, 4.69) is 0 Å². The summed E-state index contributed by atoms with van der Waals surface area (Å²) >= 11 is 0. The topological polar surface area (TPSA) is 90.3 Å². The maximum absolute atomic E-state index is 9.08. The van der Waals surface area contributed by atoms with Crippen molar-refractivity contribution in [2.24, 2.45) is 5.73 Å². The van der Waals surface area contributed by atoms with Crippen molar-refractivity contribution in [3.05, 3.63) is 23.8 Å². The molecule has 0 saturated heterocycles. The van der Waals surface area contributed by atoms with Crippen molar-refractivity contribution in [1.29, 1.82) is 5.41 Å². The third-order valence-electron chi connectivity index (χ3n) is 1.29. The second-order valence-corrected chi connectivity index (χ2v) is 2.08. The average molecular weight is 152 g/mol. The van der Waals surface area contributed by atoms with Crippen LogP contribution < -0.4 is 5.73 Å². The summed E-state index contributed by atoms with van der Waals surface area (Å²) in [6, 6.07) is 4.18. The molecule has 0 atom stereocenters. The molecule has 5 N–H and O–H groups in total. The Hall–Kier alpha value is -1.71. The zero-order valence-corrected chi connectivity index (χ0v) is 5.70. The van der Waals surface area contributed by atoms with E-state index in [1.54, 1.807) is 0 Å². The van der Waals surface area contributed by atoms with Crippen LogP contribution in [0.25, 0.3) is 0 Å². The van der Waals surface area contributed by atoms with E-state index in [4.69, 9.17) is 21.4 Å². The van der Waals surface area contributed by atoms with E-state index in [0.717, 1.165) is 0 Å². The van der Waals surface area contributed by atoms with E-state index in [0.29, 0.717) is 0 Å². The Labute approximate surface area is 63.4 Å². The molecule has 1 aromatic carbocycles. The molecule has 0 saturated carbocycles. The molecule has 0 aliphatic heterocycles. The molecule has 1 rings (SSSR count). The predicted octanol–water partition coefficient (Wildman–Crippen LogP) is 0.382. The minimum absolute atomic E-state index is 0.0208. The summed E-state index contributed by atoms with van der Waals surface area (Å²) in [5.74, 6) is -0.712. The summed E-state index contributed by atoms with van der Waals surface area (Å²) in [5, 5.41) is 25.1. The number of amidine groups is 1. The van der Waals surface area contributed by atoms with Gasteiger partial charge in [0, 0.05) is 0 Å². The van der Waals surface area contributed by atoms with Crippen LogP contribution in [0.4, 0.5) is 0 Å². The zero-order valence-electron chi connectivity index (χ0n) is 5.70. The first kappa shape index (κ1) is 7.40. The molecule has 0 bridgehead atoms. The minimum atomic E-state index is -0.347. The SMILES string of the molecule is N=C(N)c1c(O)cccc1O. The highest BCUT2D eigenvalue weighted by molar-refractivity contribution is 6.00. The molecular weight excluding hydrogens is 144 g/mol. The Morgan fingerprint density at radius 3 is 2.00 bits per heavy atom. The van der Waals surface area contributed by atoms with Gasteiger partial charge in [0.15, 0.2) is 0 Å². The fraction of sp³-hybridized carbons (Fsp3) is 0. The van der Waals surface area contributed by atoms with E-state index in [1.165, 1.54) is 18.2 Å². The molecule has 0 aliphatic carbocycles. The first-order valence-corrected chi connectivity index (χ1v) is 2.98. The molecule has 11 heavy (non-hydrogen) atoms. The van der Waals surface area contributed by atoms with Gasteiger partial charge >= 0.3 is 0 Å². The van der Waals surface area contributed by atoms with Gasteiger partial charge in [-0.05, 0) is 12.1 Å². The van der Waals surface area contributed by atoms with Gasteiger partial charge in [0.25, 0.3) is 0 Å². The Balaban J connectivity index is 3.32. The Morgan fingerprint density at radius 2 is 1.73 bits per heavy atom. The third-order valence-corrected chi connectivity index (χ3v) is 1.29. The third kappa shape index (κ3) is 1.24. The molecule has 4 heteroatoms. The Morgan fingerprint density at radius 1 is 1.27 bits per heavy atom. The standard InChI is InChI=1S/C7H8N2O2/c8-7(9)6-4(10)2-1-3-5(6)11/h1-3,10-11H,(H3,8,9). The molecule has 0 aliphatic rings. The van der Waals surface area contributed by atoms with Gasteiger partial charge in [0.2, 0.25) is 0 Å². The van der Waals surface area contributed by atoms with Crippen LogP contribution in [0.1, 0.15) is 5.56 Å². The van der Waals surface area contributed by atoms with Crippen molar-refractivity contribution in [3.8, 4) is 11.5 Å². The molecule has 4 nitrogen and oxygen atoms in total. The summed E-state index contributed by atoms with van der Waals surface area (Å²) in [6.07, 6.45) is 0. The molecule has 0 unspecified atom stereocenters. The number of phenolic OH excluding ortho intramolecular Hbond substituents is 2. The number of rotatable bonds is 1. The monoisotopic (exact) mass is 152 g/mol. The van der Waals surface area contributed by atoms with Gasteiger partial charge in [-0.1, -0.05) is 6.07 Å². The molecule has 1 aromatic rings. The average Bonchev–Trinajstić information content (AvgIpc) is 1.85. The van der Waals surface area contributed by atoms with Gasteiger partial charge in [0.05, 0.1) is 5.56 Å². The van der Waals surface area contributed by atoms with E-state index < -0.39 is 0 Å². The highest BCUT2D eigenvalue weighted by Crippen LogP contribution is 2.24. The van der Waals surface area contributed by atoms with Crippen molar-refractivity contribution >= 4 is 5.84 Å². The van der Waals surface area contributed by atoms with Crippen LogP contribution in [-0.2, 0) is 0 Å². The highest BCUT2D eigenvalue weighted by atomic mass is 16.3. The predicted molar refractivity (Wildman–Crippen MR) is 40.8 cm³/mol. The smallest absolute Gasteiger partial charge is 0.130 e. The van der Waals surface area contributed by atoms with Crippen molar-refractivity contribution in [2.45, 2.75) is 0 Å². The van der Waals surface area contributed by atoms with Crippen LogP contribution in [0, 0.1) is 5.41 Å². The van der Waals surface area contributed by atoms with E-state index in [-0.39, 0.29) is 22.9 Å². The van der Waals surface area contributed by atoms with Crippen molar-refractivity contribution in [2.75, 3.05) is 0 Å². The molecule has 0 aromatic heterocycles. The fourth-order valence-corrected chi connectivity index (χ4v) is 0.804. The summed E-state index contributed by atoms with van der Waals surface area (Å²) < 4.78 is 0. The maximum atomic E-state index is 9.08. The molecule has 0 heterocycles. The largest absolute Gasteiger partial charge is 0.507 e. The lowest BCUT2D eigenvalue weighted by Crippen LogP contribution is -2.11. The van der Waals surface area contributed by atoms with Gasteiger partial charge < -0.3 is 15.9 Å². The van der Waals surface area contributed by atoms with Gasteiger partial charge in [-0.3, -0.25) is 5.41 Å². The van der Waals surface area contributed by atoms with E-state index in [9.17, 15) is 0 Å². The van der Waals surface area contributed by atoms with E-state index in [1.807, 2.05) is 0 Å². The number of aromatic hydroxyl groups is 2. The summed E-state index contributed by atoms with van der Waals surface area (Å²) in [6.45, 7) is 0. The second-order valence-electron chi connectivity index (χ2n) is 2.08. The summed E-state index contributed by atoms with van der Waals surface area (Å²) in [5.41, 5.74) is 5.06. The quantitative estimate of drug-likeness (QED) is 0.346. The number of hydrogen-bond acceptors (Lipinski definition) is 3. The van der Waals surface area contributed by atoms with Crippen LogP contribution in [0.3, 0.4) is 0 Å². The van der Waals surface area contributed by atoms with Gasteiger partial charge in [0.1, 0.15) is 17.3 Å². The van der Waals surface area contributed by atoms with Crippen molar-refractivity contribution < 1.29 is 10.2 Å². The van der Waals surface area contributed by atoms with Gasteiger partial charge in [-0.25, -0.2) is 0 Å². The van der Waals surface area contributed by atoms with Crippen molar-refractivity contribution in [3.63, 3.8) is 0 Å². The normalized spacial score (nSPS) is 9.45. The Kier molecular flexibility index (Phi) is 1.68. The highest BCUT2D eigenvalue weighted by Gasteiger charge is 2.08. The molecule has 0 fully saturated rings. The fourth-order valence-electron chi connectivity index (χ4n) is 0.804. The van der Waals surface area contributed by atoms with Crippen LogP contribution in [0.5, 0.6) is 11.5 Å². The number of nitrogens with two attached hydrogens (primary N) is 1. The van der Waals surface area contributed by atoms with Gasteiger partial charge in [-0.2, -0.15) is 0 Å². The van der Waals surface area contributed by atoms with Crippen LogP contribution in [-0.4, -0.2) is 16.0 Å². The number of phenols is 2. The summed E-state index contributed by atoms with van der Waals surface area (Å²) in [7, 11) is 0. The first-order chi connectivity index (χ1) is 5.13. The lowest BCUT2D eigenvalue weighted by Gasteiger charge is -2.03. The molecule has 0 spiro atoms. The minimum Gasteiger partial charge on any atom is -0.507 e. The second kappa shape index (κ2) is 2.49. The van der Waals surface area contributed by atoms with Crippen molar-refractivity contribution in [1.82, 2.24) is 0 Å².